The third-order valence-corrected chi connectivity index (χ3v) is 5.86. The highest BCUT2D eigenvalue weighted by atomic mass is 32.2. The number of para-hydroxylation sites is 1. The molecule has 0 saturated carbocycles. The Bertz CT molecular complexity index is 1230. The summed E-state index contributed by atoms with van der Waals surface area (Å²) >= 11 is 0. The third kappa shape index (κ3) is 4.19. The smallest absolute Gasteiger partial charge is 0.177 e. The minimum atomic E-state index is -3.37. The standard InChI is InChI=1S/C22H22N4O2S/c1-14-7-6-8-16(23-14)12-17-13-20(22-19(25-17)11-15(2)24-22)26-18-9-4-5-10-21(18)29(3,27)28/h4-10,13H,11-12H2,1-3H3,(H,25,26). The minimum absolute atomic E-state index is 0.256. The second-order valence-corrected chi connectivity index (χ2v) is 9.30. The lowest BCUT2D eigenvalue weighted by molar-refractivity contribution is 0.602. The second-order valence-electron chi connectivity index (χ2n) is 7.32. The quantitative estimate of drug-likeness (QED) is 0.687. The minimum Gasteiger partial charge on any atom is -0.353 e. The van der Waals surface area contributed by atoms with E-state index in [1.165, 1.54) is 6.26 Å². The van der Waals surface area contributed by atoms with E-state index in [4.69, 9.17) is 4.98 Å². The molecule has 0 fully saturated rings. The number of benzene rings is 1. The molecule has 1 aliphatic heterocycles. The van der Waals surface area contributed by atoms with Crippen LogP contribution in [0.15, 0.2) is 58.4 Å². The van der Waals surface area contributed by atoms with E-state index in [9.17, 15) is 8.42 Å². The molecule has 0 saturated heterocycles. The van der Waals surface area contributed by atoms with Gasteiger partial charge in [0.25, 0.3) is 0 Å². The molecule has 1 N–H and O–H groups in total. The van der Waals surface area contributed by atoms with Crippen molar-refractivity contribution in [3.8, 4) is 0 Å². The van der Waals surface area contributed by atoms with Gasteiger partial charge in [-0.25, -0.2) is 8.42 Å². The molecule has 0 unspecified atom stereocenters. The Kier molecular flexibility index (Phi) is 4.92. The molecule has 0 atom stereocenters. The van der Waals surface area contributed by atoms with Crippen LogP contribution in [0.4, 0.5) is 17.1 Å². The molecule has 1 aromatic carbocycles. The summed E-state index contributed by atoms with van der Waals surface area (Å²) in [5, 5.41) is 3.29. The lowest BCUT2D eigenvalue weighted by Gasteiger charge is -2.14. The van der Waals surface area contributed by atoms with Crippen molar-refractivity contribution >= 4 is 32.6 Å². The summed E-state index contributed by atoms with van der Waals surface area (Å²) in [7, 11) is -3.37. The molecule has 0 aliphatic carbocycles. The van der Waals surface area contributed by atoms with Crippen LogP contribution in [0.5, 0.6) is 0 Å². The van der Waals surface area contributed by atoms with E-state index in [1.807, 2.05) is 44.2 Å². The number of aryl methyl sites for hydroxylation is 1. The summed E-state index contributed by atoms with van der Waals surface area (Å²) in [6, 6.07) is 14.8. The molecule has 3 heterocycles. The number of hydrogen-bond donors (Lipinski definition) is 1. The zero-order chi connectivity index (χ0) is 20.6. The van der Waals surface area contributed by atoms with E-state index in [0.29, 0.717) is 18.5 Å². The van der Waals surface area contributed by atoms with Gasteiger partial charge in [-0.3, -0.25) is 15.0 Å². The van der Waals surface area contributed by atoms with Crippen LogP contribution >= 0.6 is 0 Å². The molecule has 0 amide bonds. The van der Waals surface area contributed by atoms with Crippen LogP contribution in [0, 0.1) is 6.92 Å². The van der Waals surface area contributed by atoms with E-state index >= 15 is 0 Å². The molecule has 1 aliphatic rings. The van der Waals surface area contributed by atoms with Crippen molar-refractivity contribution < 1.29 is 8.42 Å². The van der Waals surface area contributed by atoms with Gasteiger partial charge in [0.05, 0.1) is 22.0 Å². The predicted molar refractivity (Wildman–Crippen MR) is 115 cm³/mol. The van der Waals surface area contributed by atoms with Gasteiger partial charge < -0.3 is 5.32 Å². The first-order valence-electron chi connectivity index (χ1n) is 9.35. The molecule has 4 rings (SSSR count). The summed E-state index contributed by atoms with van der Waals surface area (Å²) in [6.07, 6.45) is 2.49. The number of anilines is 2. The number of sulfone groups is 1. The van der Waals surface area contributed by atoms with Crippen molar-refractivity contribution in [1.82, 2.24) is 9.97 Å². The van der Waals surface area contributed by atoms with Gasteiger partial charge in [0.1, 0.15) is 5.69 Å². The lowest BCUT2D eigenvalue weighted by atomic mass is 10.1. The number of fused-ring (bicyclic) bond motifs is 1. The predicted octanol–water partition coefficient (Wildman–Crippen LogP) is 4.17. The normalized spacial score (nSPS) is 13.1. The maximum absolute atomic E-state index is 12.2. The fraction of sp³-hybridized carbons (Fsp3) is 0.227. The maximum atomic E-state index is 12.2. The molecule has 29 heavy (non-hydrogen) atoms. The Balaban J connectivity index is 1.76. The summed E-state index contributed by atoms with van der Waals surface area (Å²) in [4.78, 5) is 14.2. The number of rotatable bonds is 5. The summed E-state index contributed by atoms with van der Waals surface area (Å²) < 4.78 is 24.4. The summed E-state index contributed by atoms with van der Waals surface area (Å²) in [5.74, 6) is 0. The SMILES string of the molecule is CC1=Nc2c(Nc3ccccc3S(C)(=O)=O)cc(Cc3cccc(C)n3)nc2C1. The van der Waals surface area contributed by atoms with E-state index in [2.05, 4.69) is 15.3 Å². The molecule has 7 heteroatoms. The number of nitrogens with zero attached hydrogens (tertiary/aromatic N) is 3. The highest BCUT2D eigenvalue weighted by Crippen LogP contribution is 2.37. The largest absolute Gasteiger partial charge is 0.353 e. The van der Waals surface area contributed by atoms with Crippen molar-refractivity contribution in [1.29, 1.82) is 0 Å². The van der Waals surface area contributed by atoms with Crippen LogP contribution in [0.2, 0.25) is 0 Å². The Labute approximate surface area is 170 Å². The first-order valence-corrected chi connectivity index (χ1v) is 11.2. The fourth-order valence-electron chi connectivity index (χ4n) is 3.48. The molecule has 0 spiro atoms. The molecule has 0 bridgehead atoms. The highest BCUT2D eigenvalue weighted by molar-refractivity contribution is 7.90. The molecule has 6 nitrogen and oxygen atoms in total. The zero-order valence-electron chi connectivity index (χ0n) is 16.6. The van der Waals surface area contributed by atoms with Gasteiger partial charge in [-0.05, 0) is 44.2 Å². The van der Waals surface area contributed by atoms with E-state index in [-0.39, 0.29) is 4.90 Å². The van der Waals surface area contributed by atoms with E-state index < -0.39 is 9.84 Å². The fourth-order valence-corrected chi connectivity index (χ4v) is 4.32. The average molecular weight is 407 g/mol. The highest BCUT2D eigenvalue weighted by Gasteiger charge is 2.21. The molecule has 3 aromatic rings. The van der Waals surface area contributed by atoms with Crippen LogP contribution in [0.25, 0.3) is 0 Å². The molecule has 0 radical (unpaired) electrons. The van der Waals surface area contributed by atoms with Crippen molar-refractivity contribution in [2.45, 2.75) is 31.6 Å². The average Bonchev–Trinajstić information content (AvgIpc) is 3.02. The maximum Gasteiger partial charge on any atom is 0.177 e. The van der Waals surface area contributed by atoms with Gasteiger partial charge in [-0.1, -0.05) is 18.2 Å². The van der Waals surface area contributed by atoms with Crippen molar-refractivity contribution in [2.75, 3.05) is 11.6 Å². The van der Waals surface area contributed by atoms with Crippen molar-refractivity contribution in [2.24, 2.45) is 4.99 Å². The summed E-state index contributed by atoms with van der Waals surface area (Å²) in [6.45, 7) is 3.93. The Morgan fingerprint density at radius 2 is 1.76 bits per heavy atom. The molecular formula is C22H22N4O2S. The molecule has 148 valence electrons. The van der Waals surface area contributed by atoms with Gasteiger partial charge in [0, 0.05) is 41.9 Å². The Morgan fingerprint density at radius 1 is 0.966 bits per heavy atom. The zero-order valence-corrected chi connectivity index (χ0v) is 17.4. The number of pyridine rings is 2. The van der Waals surface area contributed by atoms with Gasteiger partial charge in [0.2, 0.25) is 0 Å². The van der Waals surface area contributed by atoms with E-state index in [1.54, 1.807) is 18.2 Å². The monoisotopic (exact) mass is 406 g/mol. The van der Waals surface area contributed by atoms with Crippen LogP contribution in [0.1, 0.15) is 29.7 Å². The summed E-state index contributed by atoms with van der Waals surface area (Å²) in [5.41, 5.74) is 6.70. The molecular weight excluding hydrogens is 384 g/mol. The van der Waals surface area contributed by atoms with Crippen LogP contribution in [0.3, 0.4) is 0 Å². The van der Waals surface area contributed by atoms with E-state index in [0.717, 1.165) is 39.9 Å². The van der Waals surface area contributed by atoms with Gasteiger partial charge in [0.15, 0.2) is 9.84 Å². The second kappa shape index (κ2) is 7.40. The first-order chi connectivity index (χ1) is 13.8. The van der Waals surface area contributed by atoms with Gasteiger partial charge >= 0.3 is 0 Å². The number of aromatic nitrogens is 2. The molecule has 2 aromatic heterocycles. The number of hydrogen-bond acceptors (Lipinski definition) is 6. The topological polar surface area (TPSA) is 84.3 Å². The van der Waals surface area contributed by atoms with Gasteiger partial charge in [-0.15, -0.1) is 0 Å². The lowest BCUT2D eigenvalue weighted by Crippen LogP contribution is -2.05. The van der Waals surface area contributed by atoms with Crippen LogP contribution in [-0.4, -0.2) is 30.4 Å². The van der Waals surface area contributed by atoms with Crippen LogP contribution in [-0.2, 0) is 22.7 Å². The Morgan fingerprint density at radius 3 is 2.52 bits per heavy atom. The van der Waals surface area contributed by atoms with Gasteiger partial charge in [-0.2, -0.15) is 0 Å². The first kappa shape index (κ1) is 19.3. The Hall–Kier alpha value is -3.06. The number of aliphatic imine (C=N–C) groups is 1. The van der Waals surface area contributed by atoms with Crippen LogP contribution < -0.4 is 5.32 Å². The third-order valence-electron chi connectivity index (χ3n) is 4.71. The van der Waals surface area contributed by atoms with Crippen molar-refractivity contribution in [3.63, 3.8) is 0 Å². The number of nitrogens with one attached hydrogen (secondary N) is 1. The van der Waals surface area contributed by atoms with Crippen molar-refractivity contribution in [3.05, 3.63) is 71.3 Å².